The summed E-state index contributed by atoms with van der Waals surface area (Å²) >= 11 is 1.59. The van der Waals surface area contributed by atoms with Crippen molar-refractivity contribution in [1.82, 2.24) is 20.6 Å². The summed E-state index contributed by atoms with van der Waals surface area (Å²) in [6.07, 6.45) is 1.11. The van der Waals surface area contributed by atoms with Crippen molar-refractivity contribution in [2.75, 3.05) is 25.4 Å². The molecule has 0 saturated heterocycles. The first-order valence-electron chi connectivity index (χ1n) is 7.74. The summed E-state index contributed by atoms with van der Waals surface area (Å²) in [5.74, 6) is 1.45. The Hall–Kier alpha value is -1.53. The van der Waals surface area contributed by atoms with Gasteiger partial charge in [-0.25, -0.2) is 4.98 Å². The number of hydrogen-bond acceptors (Lipinski definition) is 4. The van der Waals surface area contributed by atoms with Crippen LogP contribution >= 0.6 is 11.8 Å². The Bertz CT molecular complexity index is 566. The molecule has 0 spiro atoms. The molecule has 22 heavy (non-hydrogen) atoms. The van der Waals surface area contributed by atoms with E-state index in [9.17, 15) is 4.79 Å². The van der Waals surface area contributed by atoms with Gasteiger partial charge in [-0.05, 0) is 32.0 Å². The summed E-state index contributed by atoms with van der Waals surface area (Å²) in [6, 6.07) is 7.97. The van der Waals surface area contributed by atoms with Gasteiger partial charge in [0.25, 0.3) is 0 Å². The second kappa shape index (κ2) is 8.80. The maximum Gasteiger partial charge on any atom is 0.230 e. The van der Waals surface area contributed by atoms with Crippen LogP contribution in [0.3, 0.4) is 0 Å². The van der Waals surface area contributed by atoms with E-state index < -0.39 is 0 Å². The minimum atomic E-state index is 0.0752. The molecule has 3 N–H and O–H groups in total. The van der Waals surface area contributed by atoms with Crippen LogP contribution in [0.5, 0.6) is 0 Å². The molecule has 1 unspecified atom stereocenters. The first-order chi connectivity index (χ1) is 10.7. The van der Waals surface area contributed by atoms with Crippen molar-refractivity contribution < 1.29 is 4.79 Å². The summed E-state index contributed by atoms with van der Waals surface area (Å²) in [6.45, 7) is 6.69. The van der Waals surface area contributed by atoms with Crippen LogP contribution in [0.15, 0.2) is 24.3 Å². The molecule has 0 aliphatic carbocycles. The fraction of sp³-hybridized carbons (Fsp3) is 0.500. The highest BCUT2D eigenvalue weighted by atomic mass is 32.2. The van der Waals surface area contributed by atoms with Gasteiger partial charge >= 0.3 is 0 Å². The molecule has 1 amide bonds. The second-order valence-corrected chi connectivity index (χ2v) is 6.52. The van der Waals surface area contributed by atoms with Crippen LogP contribution in [0.4, 0.5) is 0 Å². The molecule has 1 aromatic carbocycles. The zero-order chi connectivity index (χ0) is 15.8. The lowest BCUT2D eigenvalue weighted by Crippen LogP contribution is -2.33. The number of amides is 1. The van der Waals surface area contributed by atoms with E-state index in [0.29, 0.717) is 12.3 Å². The van der Waals surface area contributed by atoms with Crippen LogP contribution < -0.4 is 10.6 Å². The normalized spacial score (nSPS) is 12.5. The van der Waals surface area contributed by atoms with E-state index in [1.54, 1.807) is 11.8 Å². The fourth-order valence-electron chi connectivity index (χ4n) is 2.09. The predicted octanol–water partition coefficient (Wildman–Crippen LogP) is 2.47. The van der Waals surface area contributed by atoms with Crippen molar-refractivity contribution in [2.24, 2.45) is 0 Å². The zero-order valence-electron chi connectivity index (χ0n) is 13.2. The molecular weight excluding hydrogens is 296 g/mol. The summed E-state index contributed by atoms with van der Waals surface area (Å²) in [5, 5.41) is 6.34. The lowest BCUT2D eigenvalue weighted by Gasteiger charge is -2.09. The number of imidazole rings is 1. The van der Waals surface area contributed by atoms with Gasteiger partial charge in [-0.2, -0.15) is 0 Å². The minimum absolute atomic E-state index is 0.0752. The Morgan fingerprint density at radius 2 is 2.14 bits per heavy atom. The molecule has 0 aliphatic rings. The highest BCUT2D eigenvalue weighted by Crippen LogP contribution is 2.27. The van der Waals surface area contributed by atoms with Crippen molar-refractivity contribution in [3.8, 4) is 0 Å². The number of thioether (sulfide) groups is 1. The average Bonchev–Trinajstić information content (AvgIpc) is 2.96. The summed E-state index contributed by atoms with van der Waals surface area (Å²) < 4.78 is 0. The number of nitrogens with one attached hydrogen (secondary N) is 3. The highest BCUT2D eigenvalue weighted by Gasteiger charge is 2.13. The molecule has 1 aromatic heterocycles. The Balaban J connectivity index is 1.72. The Morgan fingerprint density at radius 3 is 2.91 bits per heavy atom. The van der Waals surface area contributed by atoms with E-state index in [-0.39, 0.29) is 11.2 Å². The number of para-hydroxylation sites is 2. The number of nitrogens with zero attached hydrogens (tertiary/aromatic N) is 1. The molecule has 0 aliphatic heterocycles. The largest absolute Gasteiger partial charge is 0.354 e. The van der Waals surface area contributed by atoms with Crippen molar-refractivity contribution in [3.05, 3.63) is 30.1 Å². The van der Waals surface area contributed by atoms with E-state index in [2.05, 4.69) is 34.4 Å². The van der Waals surface area contributed by atoms with Crippen molar-refractivity contribution in [1.29, 1.82) is 0 Å². The molecule has 2 aromatic rings. The standard InChI is InChI=1S/C16H24N4OS/c1-3-8-17-9-10-18-15(21)11-22-12(2)16-19-13-6-4-5-7-14(13)20-16/h4-7,12,17H,3,8-11H2,1-2H3,(H,18,21)(H,19,20). The van der Waals surface area contributed by atoms with Crippen LogP contribution in [-0.4, -0.2) is 41.3 Å². The van der Waals surface area contributed by atoms with E-state index >= 15 is 0 Å². The molecule has 2 rings (SSSR count). The summed E-state index contributed by atoms with van der Waals surface area (Å²) in [5.41, 5.74) is 2.01. The third-order valence-corrected chi connectivity index (χ3v) is 4.46. The molecule has 5 nitrogen and oxygen atoms in total. The van der Waals surface area contributed by atoms with Gasteiger partial charge in [0, 0.05) is 13.1 Å². The molecule has 120 valence electrons. The molecule has 1 heterocycles. The number of benzene rings is 1. The number of aromatic nitrogens is 2. The number of aromatic amines is 1. The minimum Gasteiger partial charge on any atom is -0.354 e. The number of rotatable bonds is 9. The topological polar surface area (TPSA) is 69.8 Å². The van der Waals surface area contributed by atoms with Crippen molar-refractivity contribution in [2.45, 2.75) is 25.5 Å². The van der Waals surface area contributed by atoms with Gasteiger partial charge in [-0.3, -0.25) is 4.79 Å². The summed E-state index contributed by atoms with van der Waals surface area (Å²) in [7, 11) is 0. The van der Waals surface area contributed by atoms with E-state index in [0.717, 1.165) is 36.4 Å². The molecule has 0 radical (unpaired) electrons. The van der Waals surface area contributed by atoms with Gasteiger partial charge in [0.1, 0.15) is 5.82 Å². The number of carbonyl (C=O) groups is 1. The van der Waals surface area contributed by atoms with E-state index in [4.69, 9.17) is 0 Å². The van der Waals surface area contributed by atoms with Crippen molar-refractivity contribution >= 4 is 28.7 Å². The summed E-state index contributed by atoms with van der Waals surface area (Å²) in [4.78, 5) is 19.7. The number of carbonyl (C=O) groups excluding carboxylic acids is 1. The third-order valence-electron chi connectivity index (χ3n) is 3.31. The Morgan fingerprint density at radius 1 is 1.32 bits per heavy atom. The Labute approximate surface area is 135 Å². The van der Waals surface area contributed by atoms with Gasteiger partial charge < -0.3 is 15.6 Å². The average molecular weight is 320 g/mol. The Kier molecular flexibility index (Phi) is 6.74. The van der Waals surface area contributed by atoms with Gasteiger partial charge in [0.05, 0.1) is 22.0 Å². The first kappa shape index (κ1) is 16.8. The molecule has 0 bridgehead atoms. The lowest BCUT2D eigenvalue weighted by molar-refractivity contribution is -0.118. The van der Waals surface area contributed by atoms with Crippen LogP contribution in [0.25, 0.3) is 11.0 Å². The fourth-order valence-corrected chi connectivity index (χ4v) is 2.86. The molecule has 6 heteroatoms. The first-order valence-corrected chi connectivity index (χ1v) is 8.79. The van der Waals surface area contributed by atoms with Crippen LogP contribution in [0, 0.1) is 0 Å². The lowest BCUT2D eigenvalue weighted by atomic mass is 10.3. The third kappa shape index (κ3) is 5.03. The van der Waals surface area contributed by atoms with Gasteiger partial charge in [0.15, 0.2) is 0 Å². The van der Waals surface area contributed by atoms with Gasteiger partial charge in [-0.15, -0.1) is 11.8 Å². The van der Waals surface area contributed by atoms with Crippen molar-refractivity contribution in [3.63, 3.8) is 0 Å². The maximum absolute atomic E-state index is 11.8. The quantitative estimate of drug-likeness (QED) is 0.621. The second-order valence-electron chi connectivity index (χ2n) is 5.19. The monoisotopic (exact) mass is 320 g/mol. The van der Waals surface area contributed by atoms with Crippen LogP contribution in [0.1, 0.15) is 31.3 Å². The maximum atomic E-state index is 11.8. The van der Waals surface area contributed by atoms with Crippen LogP contribution in [-0.2, 0) is 4.79 Å². The molecular formula is C16H24N4OS. The zero-order valence-corrected chi connectivity index (χ0v) is 14.0. The number of H-pyrrole nitrogens is 1. The highest BCUT2D eigenvalue weighted by molar-refractivity contribution is 8.00. The molecule has 1 atom stereocenters. The SMILES string of the molecule is CCCNCCNC(=O)CSC(C)c1nc2ccccc2[nH]1. The molecule has 0 fully saturated rings. The van der Waals surface area contributed by atoms with E-state index in [1.165, 1.54) is 0 Å². The van der Waals surface area contributed by atoms with Crippen LogP contribution in [0.2, 0.25) is 0 Å². The number of fused-ring (bicyclic) bond motifs is 1. The van der Waals surface area contributed by atoms with E-state index in [1.807, 2.05) is 24.3 Å². The number of hydrogen-bond donors (Lipinski definition) is 3. The predicted molar refractivity (Wildman–Crippen MR) is 93.1 cm³/mol. The molecule has 0 saturated carbocycles. The van der Waals surface area contributed by atoms with Gasteiger partial charge in [-0.1, -0.05) is 19.1 Å². The smallest absolute Gasteiger partial charge is 0.230 e. The van der Waals surface area contributed by atoms with Gasteiger partial charge in [0.2, 0.25) is 5.91 Å².